The Balaban J connectivity index is 2.21. The molecule has 3 nitrogen and oxygen atoms in total. The van der Waals surface area contributed by atoms with E-state index >= 15 is 0 Å². The van der Waals surface area contributed by atoms with Crippen molar-refractivity contribution in [3.63, 3.8) is 0 Å². The predicted molar refractivity (Wildman–Crippen MR) is 79.0 cm³/mol. The van der Waals surface area contributed by atoms with E-state index in [4.69, 9.17) is 4.74 Å². The van der Waals surface area contributed by atoms with Crippen LogP contribution >= 0.6 is 15.9 Å². The lowest BCUT2D eigenvalue weighted by molar-refractivity contribution is -0.159. The minimum atomic E-state index is -0.525. The Morgan fingerprint density at radius 1 is 1.40 bits per heavy atom. The first-order valence-electron chi connectivity index (χ1n) is 6.66. The average Bonchev–Trinajstić information content (AvgIpc) is 2.75. The molecular weight excluding hydrogens is 325 g/mol. The summed E-state index contributed by atoms with van der Waals surface area (Å²) in [5.74, 6) is -1.08. The minimum Gasteiger partial charge on any atom is -0.460 e. The maximum absolute atomic E-state index is 14.1. The van der Waals surface area contributed by atoms with Gasteiger partial charge in [-0.2, -0.15) is 0 Å². The van der Waals surface area contributed by atoms with Crippen molar-refractivity contribution in [3.05, 3.63) is 34.1 Å². The summed E-state index contributed by atoms with van der Waals surface area (Å²) in [7, 11) is 0. The van der Waals surface area contributed by atoms with Gasteiger partial charge in [-0.3, -0.25) is 4.79 Å². The first kappa shape index (κ1) is 15.4. The monoisotopic (exact) mass is 343 g/mol. The summed E-state index contributed by atoms with van der Waals surface area (Å²) in [6.07, 6.45) is 0. The summed E-state index contributed by atoms with van der Waals surface area (Å²) in [5.41, 5.74) is 0.0386. The zero-order chi connectivity index (χ0) is 14.9. The van der Waals surface area contributed by atoms with Gasteiger partial charge in [-0.15, -0.1) is 0 Å². The summed E-state index contributed by atoms with van der Waals surface area (Å²) in [4.78, 5) is 12.2. The fourth-order valence-corrected chi connectivity index (χ4v) is 2.77. The number of nitrogens with one attached hydrogen (secondary N) is 1. The molecule has 1 aromatic carbocycles. The minimum absolute atomic E-state index is 0.182. The predicted octanol–water partition coefficient (Wildman–Crippen LogP) is 3.23. The SMILES string of the molecule is CC(C)(C)OC(=O)[C@@H]1CNC[C@H]1c1ccc(Br)cc1F. The number of carbonyl (C=O) groups excluding carboxylic acids is 1. The van der Waals surface area contributed by atoms with Gasteiger partial charge in [0.15, 0.2) is 0 Å². The summed E-state index contributed by atoms with van der Waals surface area (Å²) in [5, 5.41) is 3.15. The van der Waals surface area contributed by atoms with Crippen molar-refractivity contribution >= 4 is 21.9 Å². The topological polar surface area (TPSA) is 38.3 Å². The molecule has 0 aliphatic carbocycles. The number of ether oxygens (including phenoxy) is 1. The zero-order valence-corrected chi connectivity index (χ0v) is 13.5. The van der Waals surface area contributed by atoms with Gasteiger partial charge in [-0.25, -0.2) is 4.39 Å². The largest absolute Gasteiger partial charge is 0.460 e. The Morgan fingerprint density at radius 3 is 2.70 bits per heavy atom. The van der Waals surface area contributed by atoms with Crippen molar-refractivity contribution < 1.29 is 13.9 Å². The van der Waals surface area contributed by atoms with Crippen molar-refractivity contribution in [3.8, 4) is 0 Å². The molecule has 0 unspecified atom stereocenters. The molecule has 110 valence electrons. The number of benzene rings is 1. The van der Waals surface area contributed by atoms with Crippen LogP contribution in [-0.4, -0.2) is 24.7 Å². The fraction of sp³-hybridized carbons (Fsp3) is 0.533. The van der Waals surface area contributed by atoms with E-state index in [1.54, 1.807) is 12.1 Å². The molecule has 1 aromatic rings. The van der Waals surface area contributed by atoms with E-state index in [0.29, 0.717) is 23.1 Å². The van der Waals surface area contributed by atoms with Gasteiger partial charge in [0.1, 0.15) is 11.4 Å². The molecule has 0 aromatic heterocycles. The number of halogens is 2. The van der Waals surface area contributed by atoms with Crippen LogP contribution < -0.4 is 5.32 Å². The van der Waals surface area contributed by atoms with Gasteiger partial charge in [0.25, 0.3) is 0 Å². The molecule has 2 rings (SSSR count). The molecule has 1 N–H and O–H groups in total. The normalized spacial score (nSPS) is 22.9. The van der Waals surface area contributed by atoms with E-state index in [1.165, 1.54) is 6.07 Å². The lowest BCUT2D eigenvalue weighted by atomic mass is 9.88. The van der Waals surface area contributed by atoms with Crippen LogP contribution in [0, 0.1) is 11.7 Å². The molecule has 0 amide bonds. The maximum atomic E-state index is 14.1. The summed E-state index contributed by atoms with van der Waals surface area (Å²) >= 11 is 3.24. The van der Waals surface area contributed by atoms with Crippen molar-refractivity contribution in [2.75, 3.05) is 13.1 Å². The molecule has 0 spiro atoms. The highest BCUT2D eigenvalue weighted by atomic mass is 79.9. The van der Waals surface area contributed by atoms with Gasteiger partial charge in [-0.1, -0.05) is 22.0 Å². The first-order chi connectivity index (χ1) is 9.28. The molecule has 20 heavy (non-hydrogen) atoms. The van der Waals surface area contributed by atoms with E-state index in [-0.39, 0.29) is 23.6 Å². The van der Waals surface area contributed by atoms with E-state index in [1.807, 2.05) is 20.8 Å². The molecule has 0 radical (unpaired) electrons. The van der Waals surface area contributed by atoms with Crippen molar-refractivity contribution in [1.29, 1.82) is 0 Å². The molecule has 0 bridgehead atoms. The molecule has 1 saturated heterocycles. The van der Waals surface area contributed by atoms with Crippen LogP contribution in [0.2, 0.25) is 0 Å². The van der Waals surface area contributed by atoms with Gasteiger partial charge in [-0.05, 0) is 38.5 Å². The smallest absolute Gasteiger partial charge is 0.311 e. The van der Waals surface area contributed by atoms with Crippen LogP contribution in [0.1, 0.15) is 32.3 Å². The van der Waals surface area contributed by atoms with Crippen LogP contribution in [0.5, 0.6) is 0 Å². The lowest BCUT2D eigenvalue weighted by Crippen LogP contribution is -2.32. The fourth-order valence-electron chi connectivity index (χ4n) is 2.43. The van der Waals surface area contributed by atoms with Crippen LogP contribution in [0.4, 0.5) is 4.39 Å². The van der Waals surface area contributed by atoms with Crippen molar-refractivity contribution in [2.45, 2.75) is 32.3 Å². The maximum Gasteiger partial charge on any atom is 0.311 e. The van der Waals surface area contributed by atoms with Crippen LogP contribution in [0.15, 0.2) is 22.7 Å². The summed E-state index contributed by atoms with van der Waals surface area (Å²) < 4.78 is 20.2. The van der Waals surface area contributed by atoms with Crippen LogP contribution in [-0.2, 0) is 9.53 Å². The second-order valence-corrected chi connectivity index (χ2v) is 6.99. The molecule has 0 saturated carbocycles. The zero-order valence-electron chi connectivity index (χ0n) is 11.9. The van der Waals surface area contributed by atoms with E-state index in [9.17, 15) is 9.18 Å². The number of carbonyl (C=O) groups is 1. The molecule has 1 fully saturated rings. The number of rotatable bonds is 2. The molecule has 1 aliphatic heterocycles. The molecular formula is C15H19BrFNO2. The third kappa shape index (κ3) is 3.58. The Kier molecular flexibility index (Phi) is 4.49. The van der Waals surface area contributed by atoms with E-state index in [2.05, 4.69) is 21.2 Å². The quantitative estimate of drug-likeness (QED) is 0.837. The van der Waals surface area contributed by atoms with E-state index in [0.717, 1.165) is 0 Å². The first-order valence-corrected chi connectivity index (χ1v) is 7.46. The van der Waals surface area contributed by atoms with Gasteiger partial charge in [0, 0.05) is 23.5 Å². The summed E-state index contributed by atoms with van der Waals surface area (Å²) in [6, 6.07) is 4.96. The van der Waals surface area contributed by atoms with E-state index < -0.39 is 5.60 Å². The summed E-state index contributed by atoms with van der Waals surface area (Å²) in [6.45, 7) is 6.62. The highest BCUT2D eigenvalue weighted by Gasteiger charge is 2.37. The lowest BCUT2D eigenvalue weighted by Gasteiger charge is -2.24. The molecule has 5 heteroatoms. The van der Waals surface area contributed by atoms with Gasteiger partial charge >= 0.3 is 5.97 Å². The Morgan fingerprint density at radius 2 is 2.10 bits per heavy atom. The van der Waals surface area contributed by atoms with Gasteiger partial charge in [0.05, 0.1) is 5.92 Å². The third-order valence-electron chi connectivity index (χ3n) is 3.29. The number of esters is 1. The second-order valence-electron chi connectivity index (χ2n) is 6.07. The van der Waals surface area contributed by atoms with Crippen molar-refractivity contribution in [2.24, 2.45) is 5.92 Å². The molecule has 1 aliphatic rings. The Bertz CT molecular complexity index is 513. The third-order valence-corrected chi connectivity index (χ3v) is 3.78. The number of hydrogen-bond acceptors (Lipinski definition) is 3. The average molecular weight is 344 g/mol. The molecule has 1 heterocycles. The Hall–Kier alpha value is -0.940. The van der Waals surface area contributed by atoms with Gasteiger partial charge in [0.2, 0.25) is 0 Å². The highest BCUT2D eigenvalue weighted by Crippen LogP contribution is 2.32. The van der Waals surface area contributed by atoms with Crippen LogP contribution in [0.3, 0.4) is 0 Å². The van der Waals surface area contributed by atoms with Gasteiger partial charge < -0.3 is 10.1 Å². The Labute approximate surface area is 127 Å². The van der Waals surface area contributed by atoms with Crippen LogP contribution in [0.25, 0.3) is 0 Å². The van der Waals surface area contributed by atoms with Crippen molar-refractivity contribution in [1.82, 2.24) is 5.32 Å². The standard InChI is InChI=1S/C15H19BrFNO2/c1-15(2,3)20-14(19)12-8-18-7-11(12)10-5-4-9(16)6-13(10)17/h4-6,11-12,18H,7-8H2,1-3H3/t11-,12+/m0/s1. The molecule has 2 atom stereocenters. The second kappa shape index (κ2) is 5.82. The number of hydrogen-bond donors (Lipinski definition) is 1. The highest BCUT2D eigenvalue weighted by molar-refractivity contribution is 9.10.